The number of aliphatic carboxylic acids is 1. The summed E-state index contributed by atoms with van der Waals surface area (Å²) in [4.78, 5) is 58.3. The van der Waals surface area contributed by atoms with E-state index in [4.69, 9.17) is 0 Å². The summed E-state index contributed by atoms with van der Waals surface area (Å²) in [6.07, 6.45) is 1.86. The number of carboxylic acids is 1. The van der Waals surface area contributed by atoms with Crippen molar-refractivity contribution >= 4 is 40.7 Å². The Balaban J connectivity index is 1.51. The van der Waals surface area contributed by atoms with Gasteiger partial charge in [0.05, 0.1) is 17.2 Å². The van der Waals surface area contributed by atoms with Gasteiger partial charge in [-0.2, -0.15) is 0 Å². The van der Waals surface area contributed by atoms with Crippen LogP contribution in [0.15, 0.2) is 71.7 Å². The van der Waals surface area contributed by atoms with Crippen LogP contribution in [0.25, 0.3) is 10.8 Å². The van der Waals surface area contributed by atoms with Crippen molar-refractivity contribution in [3.8, 4) is 0 Å². The molecule has 0 saturated heterocycles. The monoisotopic (exact) mass is 513 g/mol. The van der Waals surface area contributed by atoms with Gasteiger partial charge >= 0.3 is 5.97 Å². The van der Waals surface area contributed by atoms with Crippen LogP contribution in [0.5, 0.6) is 0 Å². The summed E-state index contributed by atoms with van der Waals surface area (Å²) in [5, 5.41) is 11.7. The minimum absolute atomic E-state index is 0.0267. The third-order valence-corrected chi connectivity index (χ3v) is 6.85. The highest BCUT2D eigenvalue weighted by molar-refractivity contribution is 6.23. The van der Waals surface area contributed by atoms with Gasteiger partial charge < -0.3 is 5.11 Å². The maximum Gasteiger partial charge on any atom is 0.320 e. The molecule has 0 aromatic heterocycles. The van der Waals surface area contributed by atoms with Crippen molar-refractivity contribution in [1.82, 2.24) is 9.80 Å². The van der Waals surface area contributed by atoms with Crippen LogP contribution in [-0.4, -0.2) is 70.5 Å². The first-order valence-electron chi connectivity index (χ1n) is 12.6. The first-order valence-corrected chi connectivity index (χ1v) is 12.6. The second-order valence-corrected chi connectivity index (χ2v) is 9.97. The van der Waals surface area contributed by atoms with E-state index in [2.05, 4.69) is 4.99 Å². The number of fused-ring (bicyclic) bond motifs is 2. The molecule has 3 amide bonds. The zero-order chi connectivity index (χ0) is 27.4. The maximum atomic E-state index is 13.1. The van der Waals surface area contributed by atoms with Crippen LogP contribution in [0.3, 0.4) is 0 Å². The average Bonchev–Trinajstić information content (AvgIpc) is 3.13. The minimum Gasteiger partial charge on any atom is -0.480 e. The fourth-order valence-corrected chi connectivity index (χ4v) is 4.80. The molecule has 0 bridgehead atoms. The van der Waals surface area contributed by atoms with Gasteiger partial charge in [-0.1, -0.05) is 68.4 Å². The summed E-state index contributed by atoms with van der Waals surface area (Å²) in [6, 6.07) is 18.2. The standard InChI is InChI=1S/C30H31N3O5/c1-19(2)15-26(27(34)31-18-20-9-5-4-6-10-20)32(3)25(30(37)38)13-14-33-28(35)23-16-21-11-7-8-12-22(21)17-24(23)29(33)36/h4-12,16-19,25-26H,13-15H2,1-3H3,(H,37,38). The van der Waals surface area contributed by atoms with Gasteiger partial charge in [0, 0.05) is 12.8 Å². The number of hydrogen-bond donors (Lipinski definition) is 1. The number of rotatable bonds is 10. The van der Waals surface area contributed by atoms with E-state index >= 15 is 0 Å². The molecule has 0 saturated carbocycles. The molecule has 3 aromatic rings. The second kappa shape index (κ2) is 11.5. The molecule has 0 radical (unpaired) electrons. The maximum absolute atomic E-state index is 13.1. The van der Waals surface area contributed by atoms with Crippen LogP contribution in [0, 0.1) is 5.92 Å². The number of hydrogen-bond acceptors (Lipinski definition) is 5. The molecule has 1 N–H and O–H groups in total. The Labute approximate surface area is 221 Å². The van der Waals surface area contributed by atoms with Crippen molar-refractivity contribution in [2.45, 2.75) is 38.8 Å². The average molecular weight is 514 g/mol. The van der Waals surface area contributed by atoms with E-state index in [1.807, 2.05) is 68.4 Å². The lowest BCUT2D eigenvalue weighted by Gasteiger charge is -2.32. The molecule has 4 rings (SSSR count). The summed E-state index contributed by atoms with van der Waals surface area (Å²) in [6.45, 7) is 3.82. The van der Waals surface area contributed by atoms with Crippen molar-refractivity contribution in [2.75, 3.05) is 13.6 Å². The number of carboxylic acid groups (broad SMARTS) is 1. The largest absolute Gasteiger partial charge is 0.480 e. The summed E-state index contributed by atoms with van der Waals surface area (Å²) in [5.41, 5.74) is 1.40. The lowest BCUT2D eigenvalue weighted by atomic mass is 9.99. The van der Waals surface area contributed by atoms with Gasteiger partial charge in [0.1, 0.15) is 6.04 Å². The number of amides is 3. The van der Waals surface area contributed by atoms with Gasteiger partial charge in [-0.05, 0) is 54.3 Å². The van der Waals surface area contributed by atoms with Crippen LogP contribution in [-0.2, 0) is 9.59 Å². The third kappa shape index (κ3) is 5.70. The van der Waals surface area contributed by atoms with Crippen LogP contribution in [0.4, 0.5) is 0 Å². The normalized spacial score (nSPS) is 15.0. The number of benzene rings is 3. The highest BCUT2D eigenvalue weighted by Gasteiger charge is 2.38. The fraction of sp³-hybridized carbons (Fsp3) is 0.300. The Morgan fingerprint density at radius 3 is 2.00 bits per heavy atom. The number of aliphatic imine (C=N–C) groups is 1. The molecule has 0 aliphatic carbocycles. The fourth-order valence-electron chi connectivity index (χ4n) is 4.80. The van der Waals surface area contributed by atoms with Gasteiger partial charge in [-0.25, -0.2) is 4.99 Å². The van der Waals surface area contributed by atoms with Crippen LogP contribution >= 0.6 is 0 Å². The highest BCUT2D eigenvalue weighted by Crippen LogP contribution is 2.28. The van der Waals surface area contributed by atoms with Gasteiger partial charge in [0.2, 0.25) is 0 Å². The molecule has 1 aliphatic rings. The molecular weight excluding hydrogens is 482 g/mol. The zero-order valence-corrected chi connectivity index (χ0v) is 21.7. The quantitative estimate of drug-likeness (QED) is 0.320. The van der Waals surface area contributed by atoms with Crippen molar-refractivity contribution in [2.24, 2.45) is 10.9 Å². The number of nitrogens with zero attached hydrogens (tertiary/aromatic N) is 3. The molecule has 1 aliphatic heterocycles. The lowest BCUT2D eigenvalue weighted by Crippen LogP contribution is -2.50. The lowest BCUT2D eigenvalue weighted by molar-refractivity contribution is -0.145. The Bertz CT molecular complexity index is 1350. The van der Waals surface area contributed by atoms with Crippen LogP contribution in [0.2, 0.25) is 0 Å². The zero-order valence-electron chi connectivity index (χ0n) is 21.7. The Morgan fingerprint density at radius 1 is 0.921 bits per heavy atom. The summed E-state index contributed by atoms with van der Waals surface area (Å²) in [7, 11) is 1.58. The molecule has 2 unspecified atom stereocenters. The Morgan fingerprint density at radius 2 is 1.47 bits per heavy atom. The minimum atomic E-state index is -1.14. The molecule has 1 heterocycles. The van der Waals surface area contributed by atoms with E-state index in [0.717, 1.165) is 21.2 Å². The van der Waals surface area contributed by atoms with Crippen molar-refractivity contribution in [3.63, 3.8) is 0 Å². The van der Waals surface area contributed by atoms with E-state index in [-0.39, 0.29) is 18.9 Å². The van der Waals surface area contributed by atoms with E-state index in [0.29, 0.717) is 17.5 Å². The van der Waals surface area contributed by atoms with E-state index in [1.54, 1.807) is 19.2 Å². The highest BCUT2D eigenvalue weighted by atomic mass is 16.4. The predicted molar refractivity (Wildman–Crippen MR) is 145 cm³/mol. The molecule has 0 spiro atoms. The Kier molecular flexibility index (Phi) is 8.12. The first kappa shape index (κ1) is 26.9. The van der Waals surface area contributed by atoms with Gasteiger partial charge in [0.15, 0.2) is 0 Å². The molecule has 8 heteroatoms. The molecule has 0 fully saturated rings. The number of carbonyl (C=O) groups excluding carboxylic acids is 3. The predicted octanol–water partition coefficient (Wildman–Crippen LogP) is 4.27. The van der Waals surface area contributed by atoms with Crippen molar-refractivity contribution < 1.29 is 24.3 Å². The van der Waals surface area contributed by atoms with E-state index < -0.39 is 35.8 Å². The molecule has 196 valence electrons. The van der Waals surface area contributed by atoms with Crippen LogP contribution < -0.4 is 0 Å². The number of imide groups is 1. The summed E-state index contributed by atoms with van der Waals surface area (Å²) in [5.74, 6) is -2.35. The third-order valence-electron chi connectivity index (χ3n) is 6.85. The number of likely N-dealkylation sites (N-methyl/N-ethyl adjacent to an activating group) is 1. The summed E-state index contributed by atoms with van der Waals surface area (Å²) >= 11 is 0. The first-order chi connectivity index (χ1) is 18.2. The molecule has 8 nitrogen and oxygen atoms in total. The van der Waals surface area contributed by atoms with Gasteiger partial charge in [-0.15, -0.1) is 0 Å². The van der Waals surface area contributed by atoms with Gasteiger partial charge in [0.25, 0.3) is 17.7 Å². The van der Waals surface area contributed by atoms with Crippen molar-refractivity contribution in [1.29, 1.82) is 0 Å². The SMILES string of the molecule is CC(C)CC(C(=O)N=Cc1ccccc1)N(C)C(CCN1C(=O)c2cc3ccccc3cc2C1=O)C(=O)O. The molecule has 3 aromatic carbocycles. The van der Waals surface area contributed by atoms with Crippen molar-refractivity contribution in [3.05, 3.63) is 83.4 Å². The summed E-state index contributed by atoms with van der Waals surface area (Å²) < 4.78 is 0. The molecule has 38 heavy (non-hydrogen) atoms. The van der Waals surface area contributed by atoms with E-state index in [9.17, 15) is 24.3 Å². The van der Waals surface area contributed by atoms with Gasteiger partial charge in [-0.3, -0.25) is 29.0 Å². The molecule has 2 atom stereocenters. The topological polar surface area (TPSA) is 107 Å². The van der Waals surface area contributed by atoms with Crippen LogP contribution in [0.1, 0.15) is 53.0 Å². The Hall–Kier alpha value is -4.17. The molecular formula is C30H31N3O5. The smallest absolute Gasteiger partial charge is 0.320 e. The van der Waals surface area contributed by atoms with E-state index in [1.165, 1.54) is 11.1 Å². The second-order valence-electron chi connectivity index (χ2n) is 9.97. The number of carbonyl (C=O) groups is 4.